The number of anilines is 1. The van der Waals surface area contributed by atoms with E-state index in [4.69, 9.17) is 5.73 Å². The van der Waals surface area contributed by atoms with Crippen molar-refractivity contribution in [3.8, 4) is 16.9 Å². The quantitative estimate of drug-likeness (QED) is 0.785. The molecule has 0 fully saturated rings. The summed E-state index contributed by atoms with van der Waals surface area (Å²) in [5.41, 5.74) is 8.01. The summed E-state index contributed by atoms with van der Waals surface area (Å²) in [6.45, 7) is 1.71. The molecule has 1 amide bonds. The molecule has 0 aliphatic rings. The Morgan fingerprint density at radius 2 is 2.05 bits per heavy atom. The predicted molar refractivity (Wildman–Crippen MR) is 74.8 cm³/mol. The minimum absolute atomic E-state index is 0.0733. The molecule has 0 spiro atoms. The van der Waals surface area contributed by atoms with E-state index in [9.17, 15) is 9.90 Å². The lowest BCUT2D eigenvalue weighted by atomic mass is 9.99. The monoisotopic (exact) mass is 255 g/mol. The van der Waals surface area contributed by atoms with Crippen LogP contribution < -0.4 is 11.1 Å². The molecular formula is C15H15N2O2. The second-order valence-corrected chi connectivity index (χ2v) is 4.17. The number of carbonyl (C=O) groups is 1. The molecule has 0 aliphatic heterocycles. The number of hydrogen-bond acceptors (Lipinski definition) is 3. The van der Waals surface area contributed by atoms with E-state index in [2.05, 4.69) is 11.4 Å². The number of nitrogens with one attached hydrogen (secondary N) is 1. The van der Waals surface area contributed by atoms with Crippen molar-refractivity contribution in [2.45, 2.75) is 6.92 Å². The van der Waals surface area contributed by atoms with Crippen LogP contribution in [0.2, 0.25) is 0 Å². The van der Waals surface area contributed by atoms with E-state index in [1.165, 1.54) is 6.07 Å². The normalized spacial score (nSPS) is 10.2. The molecular weight excluding hydrogens is 240 g/mol. The first-order valence-electron chi connectivity index (χ1n) is 5.93. The summed E-state index contributed by atoms with van der Waals surface area (Å²) >= 11 is 0. The first kappa shape index (κ1) is 13.1. The zero-order valence-corrected chi connectivity index (χ0v) is 10.6. The topological polar surface area (TPSA) is 75.3 Å². The van der Waals surface area contributed by atoms with Gasteiger partial charge in [-0.2, -0.15) is 0 Å². The number of rotatable bonds is 3. The number of phenols is 1. The largest absolute Gasteiger partial charge is 0.507 e. The zero-order chi connectivity index (χ0) is 13.8. The van der Waals surface area contributed by atoms with Crippen LogP contribution >= 0.6 is 0 Å². The number of phenolic OH excluding ortho intramolecular Hbond substituents is 1. The predicted octanol–water partition coefficient (Wildman–Crippen LogP) is 2.07. The Balaban J connectivity index is 2.58. The summed E-state index contributed by atoms with van der Waals surface area (Å²) in [6.07, 6.45) is 0. The highest BCUT2D eigenvalue weighted by atomic mass is 16.3. The Labute approximate surface area is 111 Å². The molecule has 0 atom stereocenters. The maximum absolute atomic E-state index is 11.5. The summed E-state index contributed by atoms with van der Waals surface area (Å²) in [5.74, 6) is -0.233. The van der Waals surface area contributed by atoms with E-state index in [1.54, 1.807) is 0 Å². The number of hydrogen-bond donors (Lipinski definition) is 3. The van der Waals surface area contributed by atoms with Crippen molar-refractivity contribution in [2.75, 3.05) is 11.9 Å². The van der Waals surface area contributed by atoms with E-state index in [0.717, 1.165) is 11.1 Å². The van der Waals surface area contributed by atoms with Crippen molar-refractivity contribution in [3.05, 3.63) is 48.0 Å². The van der Waals surface area contributed by atoms with Crippen LogP contribution in [0.5, 0.6) is 5.75 Å². The minimum atomic E-state index is -0.306. The van der Waals surface area contributed by atoms with Gasteiger partial charge in [-0.15, -0.1) is 0 Å². The van der Waals surface area contributed by atoms with Crippen molar-refractivity contribution < 1.29 is 9.90 Å². The molecule has 1 radical (unpaired) electrons. The van der Waals surface area contributed by atoms with E-state index in [0.29, 0.717) is 11.3 Å². The number of benzene rings is 2. The Hall–Kier alpha value is -2.33. The molecule has 0 heterocycles. The highest BCUT2D eigenvalue weighted by molar-refractivity contribution is 5.98. The van der Waals surface area contributed by atoms with E-state index >= 15 is 0 Å². The third-order valence-corrected chi connectivity index (χ3v) is 2.82. The molecule has 0 saturated carbocycles. The van der Waals surface area contributed by atoms with E-state index in [1.807, 2.05) is 37.3 Å². The van der Waals surface area contributed by atoms with Gasteiger partial charge < -0.3 is 16.2 Å². The van der Waals surface area contributed by atoms with Crippen LogP contribution in [-0.4, -0.2) is 17.6 Å². The standard InChI is InChI=1S/C15H15N2O2/c1-10-7-8-12(18)14(11-5-3-2-4-6-11)15(10)17-13(19)9-16/h2-6,8,18H,9,16H2,1H3,(H,17,19). The molecule has 0 unspecified atom stereocenters. The third-order valence-electron chi connectivity index (χ3n) is 2.82. The number of amides is 1. The molecule has 2 rings (SSSR count). The molecule has 0 saturated heterocycles. The Kier molecular flexibility index (Phi) is 3.82. The van der Waals surface area contributed by atoms with Crippen LogP contribution in [0.3, 0.4) is 0 Å². The zero-order valence-electron chi connectivity index (χ0n) is 10.6. The van der Waals surface area contributed by atoms with Gasteiger partial charge in [0.15, 0.2) is 0 Å². The van der Waals surface area contributed by atoms with Gasteiger partial charge in [-0.25, -0.2) is 0 Å². The van der Waals surface area contributed by atoms with Gasteiger partial charge in [0.05, 0.1) is 12.2 Å². The average Bonchev–Trinajstić information content (AvgIpc) is 2.44. The van der Waals surface area contributed by atoms with Gasteiger partial charge in [0, 0.05) is 5.56 Å². The van der Waals surface area contributed by atoms with Gasteiger partial charge in [0.1, 0.15) is 5.75 Å². The summed E-state index contributed by atoms with van der Waals surface area (Å²) < 4.78 is 0. The van der Waals surface area contributed by atoms with Gasteiger partial charge >= 0.3 is 0 Å². The second kappa shape index (κ2) is 5.54. The first-order chi connectivity index (χ1) is 9.13. The van der Waals surface area contributed by atoms with Gasteiger partial charge in [-0.3, -0.25) is 4.79 Å². The van der Waals surface area contributed by atoms with Gasteiger partial charge in [-0.05, 0) is 30.2 Å². The highest BCUT2D eigenvalue weighted by Gasteiger charge is 2.14. The fourth-order valence-electron chi connectivity index (χ4n) is 1.88. The van der Waals surface area contributed by atoms with Crippen molar-refractivity contribution in [2.24, 2.45) is 5.73 Å². The number of nitrogens with two attached hydrogens (primary N) is 1. The van der Waals surface area contributed by atoms with E-state index in [-0.39, 0.29) is 18.2 Å². The Morgan fingerprint density at radius 3 is 2.68 bits per heavy atom. The SMILES string of the molecule is Cc1[c]cc(O)c(-c2ccccc2)c1NC(=O)CN. The lowest BCUT2D eigenvalue weighted by molar-refractivity contribution is -0.114. The third kappa shape index (κ3) is 2.74. The summed E-state index contributed by atoms with van der Waals surface area (Å²) in [5, 5.41) is 12.8. The summed E-state index contributed by atoms with van der Waals surface area (Å²) in [7, 11) is 0. The van der Waals surface area contributed by atoms with Crippen LogP contribution in [-0.2, 0) is 4.79 Å². The average molecular weight is 255 g/mol. The molecule has 19 heavy (non-hydrogen) atoms. The van der Waals surface area contributed by atoms with Crippen molar-refractivity contribution >= 4 is 11.6 Å². The highest BCUT2D eigenvalue weighted by Crippen LogP contribution is 2.37. The molecule has 4 heteroatoms. The molecule has 0 aromatic heterocycles. The molecule has 0 bridgehead atoms. The molecule has 4 nitrogen and oxygen atoms in total. The smallest absolute Gasteiger partial charge is 0.238 e. The van der Waals surface area contributed by atoms with Crippen LogP contribution in [0.25, 0.3) is 11.1 Å². The van der Waals surface area contributed by atoms with Crippen molar-refractivity contribution in [3.63, 3.8) is 0 Å². The molecule has 2 aromatic rings. The fraction of sp³-hybridized carbons (Fsp3) is 0.133. The van der Waals surface area contributed by atoms with Crippen molar-refractivity contribution in [1.29, 1.82) is 0 Å². The van der Waals surface area contributed by atoms with Gasteiger partial charge in [0.25, 0.3) is 0 Å². The molecule has 2 aromatic carbocycles. The lowest BCUT2D eigenvalue weighted by Crippen LogP contribution is -2.22. The maximum Gasteiger partial charge on any atom is 0.238 e. The Morgan fingerprint density at radius 1 is 1.37 bits per heavy atom. The van der Waals surface area contributed by atoms with Crippen LogP contribution in [0.15, 0.2) is 36.4 Å². The maximum atomic E-state index is 11.5. The molecule has 4 N–H and O–H groups in total. The molecule has 0 aliphatic carbocycles. The minimum Gasteiger partial charge on any atom is -0.507 e. The van der Waals surface area contributed by atoms with Crippen LogP contribution in [0.4, 0.5) is 5.69 Å². The fourth-order valence-corrected chi connectivity index (χ4v) is 1.88. The number of aromatic hydroxyl groups is 1. The number of aryl methyl sites for hydroxylation is 1. The lowest BCUT2D eigenvalue weighted by Gasteiger charge is -2.15. The summed E-state index contributed by atoms with van der Waals surface area (Å²) in [4.78, 5) is 11.5. The van der Waals surface area contributed by atoms with E-state index < -0.39 is 0 Å². The van der Waals surface area contributed by atoms with Gasteiger partial charge in [-0.1, -0.05) is 30.3 Å². The number of carbonyl (C=O) groups excluding carboxylic acids is 1. The first-order valence-corrected chi connectivity index (χ1v) is 5.93. The van der Waals surface area contributed by atoms with Crippen LogP contribution in [0.1, 0.15) is 5.56 Å². The summed E-state index contributed by atoms with van der Waals surface area (Å²) in [6, 6.07) is 13.8. The van der Waals surface area contributed by atoms with Gasteiger partial charge in [0.2, 0.25) is 5.91 Å². The van der Waals surface area contributed by atoms with Crippen LogP contribution in [0, 0.1) is 13.0 Å². The molecule has 97 valence electrons. The Bertz CT molecular complexity index is 595. The van der Waals surface area contributed by atoms with Crippen molar-refractivity contribution in [1.82, 2.24) is 0 Å². The second-order valence-electron chi connectivity index (χ2n) is 4.17.